The summed E-state index contributed by atoms with van der Waals surface area (Å²) in [6.07, 6.45) is 0.455. The Morgan fingerprint density at radius 3 is 2.25 bits per heavy atom. The second-order valence-electron chi connectivity index (χ2n) is 6.76. The third kappa shape index (κ3) is 7.70. The maximum Gasteiger partial charge on any atom is 0.407 e. The van der Waals surface area contributed by atoms with Crippen LogP contribution in [0, 0.1) is 5.92 Å². The number of nitrogens with one attached hydrogen (secondary N) is 1. The molecule has 2 unspecified atom stereocenters. The standard InChI is InChI=1S/C15H33N3O2/c1-11(2)12(3)18(7)13(10-16)8-9-17-14(19)20-15(4,5)6/h11-13H,8-10,16H2,1-7H3,(H,17,19). The van der Waals surface area contributed by atoms with Gasteiger partial charge in [0.15, 0.2) is 0 Å². The predicted molar refractivity (Wildman–Crippen MR) is 83.8 cm³/mol. The third-order valence-electron chi connectivity index (χ3n) is 3.60. The first-order chi connectivity index (χ1) is 9.08. The first-order valence-corrected chi connectivity index (χ1v) is 7.47. The minimum absolute atomic E-state index is 0.266. The SMILES string of the molecule is CC(C)C(C)N(C)C(CN)CCNC(=O)OC(C)(C)C. The minimum atomic E-state index is -0.458. The van der Waals surface area contributed by atoms with Gasteiger partial charge in [-0.1, -0.05) is 13.8 Å². The molecule has 0 bridgehead atoms. The predicted octanol–water partition coefficient (Wildman–Crippen LogP) is 2.20. The molecule has 0 aliphatic heterocycles. The Hall–Kier alpha value is -0.810. The summed E-state index contributed by atoms with van der Waals surface area (Å²) in [6, 6.07) is 0.729. The summed E-state index contributed by atoms with van der Waals surface area (Å²) < 4.78 is 5.20. The zero-order valence-corrected chi connectivity index (χ0v) is 14.2. The first-order valence-electron chi connectivity index (χ1n) is 7.47. The normalized spacial score (nSPS) is 15.3. The molecule has 5 heteroatoms. The Morgan fingerprint density at radius 1 is 1.30 bits per heavy atom. The number of carbonyl (C=O) groups is 1. The van der Waals surface area contributed by atoms with Crippen molar-refractivity contribution >= 4 is 6.09 Å². The van der Waals surface area contributed by atoms with Gasteiger partial charge in [-0.05, 0) is 47.1 Å². The number of rotatable bonds is 7. The van der Waals surface area contributed by atoms with Crippen LogP contribution in [0.15, 0.2) is 0 Å². The summed E-state index contributed by atoms with van der Waals surface area (Å²) in [5.41, 5.74) is 5.39. The van der Waals surface area contributed by atoms with E-state index in [0.717, 1.165) is 6.42 Å². The molecule has 0 radical (unpaired) electrons. The van der Waals surface area contributed by atoms with Crippen molar-refractivity contribution in [3.63, 3.8) is 0 Å². The Balaban J connectivity index is 4.17. The smallest absolute Gasteiger partial charge is 0.407 e. The number of ether oxygens (including phenoxy) is 1. The molecule has 0 saturated carbocycles. The molecule has 0 spiro atoms. The van der Waals surface area contributed by atoms with Crippen LogP contribution in [-0.2, 0) is 4.74 Å². The van der Waals surface area contributed by atoms with Crippen molar-refractivity contribution in [1.29, 1.82) is 0 Å². The van der Waals surface area contributed by atoms with Gasteiger partial charge in [0.05, 0.1) is 0 Å². The van der Waals surface area contributed by atoms with E-state index in [4.69, 9.17) is 10.5 Å². The molecular formula is C15H33N3O2. The van der Waals surface area contributed by atoms with Crippen molar-refractivity contribution in [1.82, 2.24) is 10.2 Å². The Kier molecular flexibility index (Phi) is 8.13. The van der Waals surface area contributed by atoms with Gasteiger partial charge in [-0.15, -0.1) is 0 Å². The van der Waals surface area contributed by atoms with E-state index in [9.17, 15) is 4.79 Å². The molecule has 0 aromatic rings. The van der Waals surface area contributed by atoms with E-state index in [-0.39, 0.29) is 12.1 Å². The molecule has 0 aliphatic rings. The Labute approximate surface area is 124 Å². The number of hydrogen-bond acceptors (Lipinski definition) is 4. The molecule has 0 rings (SSSR count). The van der Waals surface area contributed by atoms with Crippen LogP contribution in [0.4, 0.5) is 4.79 Å². The lowest BCUT2D eigenvalue weighted by Crippen LogP contribution is -2.46. The molecule has 0 aliphatic carbocycles. The highest BCUT2D eigenvalue weighted by atomic mass is 16.6. The topological polar surface area (TPSA) is 67.6 Å². The van der Waals surface area contributed by atoms with E-state index in [1.807, 2.05) is 20.8 Å². The fourth-order valence-corrected chi connectivity index (χ4v) is 1.95. The van der Waals surface area contributed by atoms with Crippen molar-refractivity contribution in [2.24, 2.45) is 11.7 Å². The molecule has 1 amide bonds. The maximum atomic E-state index is 11.6. The van der Waals surface area contributed by atoms with Gasteiger partial charge < -0.3 is 15.8 Å². The summed E-state index contributed by atoms with van der Waals surface area (Å²) in [6.45, 7) is 13.3. The van der Waals surface area contributed by atoms with Crippen LogP contribution in [0.2, 0.25) is 0 Å². The summed E-state index contributed by atoms with van der Waals surface area (Å²) in [5.74, 6) is 0.577. The van der Waals surface area contributed by atoms with Crippen LogP contribution >= 0.6 is 0 Å². The van der Waals surface area contributed by atoms with Crippen LogP contribution in [0.1, 0.15) is 48.0 Å². The van der Waals surface area contributed by atoms with Crippen LogP contribution in [0.25, 0.3) is 0 Å². The molecule has 3 N–H and O–H groups in total. The van der Waals surface area contributed by atoms with Crippen LogP contribution in [0.5, 0.6) is 0 Å². The largest absolute Gasteiger partial charge is 0.444 e. The van der Waals surface area contributed by atoms with E-state index >= 15 is 0 Å². The number of amides is 1. The van der Waals surface area contributed by atoms with E-state index in [1.54, 1.807) is 0 Å². The van der Waals surface area contributed by atoms with E-state index in [1.165, 1.54) is 0 Å². The van der Waals surface area contributed by atoms with Crippen LogP contribution < -0.4 is 11.1 Å². The molecule has 0 saturated heterocycles. The molecule has 0 heterocycles. The van der Waals surface area contributed by atoms with Crippen molar-refractivity contribution in [2.75, 3.05) is 20.1 Å². The van der Waals surface area contributed by atoms with Crippen LogP contribution in [0.3, 0.4) is 0 Å². The zero-order chi connectivity index (χ0) is 15.9. The lowest BCUT2D eigenvalue weighted by atomic mass is 10.0. The van der Waals surface area contributed by atoms with Crippen LogP contribution in [-0.4, -0.2) is 48.8 Å². The summed E-state index contributed by atoms with van der Waals surface area (Å²) in [4.78, 5) is 13.9. The number of carbonyl (C=O) groups excluding carboxylic acids is 1. The molecule has 120 valence electrons. The zero-order valence-electron chi connectivity index (χ0n) is 14.2. The van der Waals surface area contributed by atoms with Crippen molar-refractivity contribution < 1.29 is 9.53 Å². The lowest BCUT2D eigenvalue weighted by Gasteiger charge is -2.34. The summed E-state index contributed by atoms with van der Waals surface area (Å²) in [7, 11) is 2.09. The Bertz CT molecular complexity index is 287. The fourth-order valence-electron chi connectivity index (χ4n) is 1.95. The van der Waals surface area contributed by atoms with Gasteiger partial charge in [-0.25, -0.2) is 4.79 Å². The third-order valence-corrected chi connectivity index (χ3v) is 3.60. The molecular weight excluding hydrogens is 254 g/mol. The minimum Gasteiger partial charge on any atom is -0.444 e. The number of likely N-dealkylation sites (N-methyl/N-ethyl adjacent to an activating group) is 1. The van der Waals surface area contributed by atoms with Crippen molar-refractivity contribution in [2.45, 2.75) is 65.6 Å². The lowest BCUT2D eigenvalue weighted by molar-refractivity contribution is 0.0519. The number of hydrogen-bond donors (Lipinski definition) is 2. The summed E-state index contributed by atoms with van der Waals surface area (Å²) >= 11 is 0. The van der Waals surface area contributed by atoms with Gasteiger partial charge >= 0.3 is 6.09 Å². The fraction of sp³-hybridized carbons (Fsp3) is 0.933. The highest BCUT2D eigenvalue weighted by Crippen LogP contribution is 2.13. The summed E-state index contributed by atoms with van der Waals surface area (Å²) in [5, 5.41) is 2.78. The molecule has 0 aromatic heterocycles. The van der Waals surface area contributed by atoms with E-state index in [2.05, 4.69) is 38.0 Å². The van der Waals surface area contributed by atoms with Gasteiger partial charge in [-0.3, -0.25) is 4.90 Å². The second kappa shape index (κ2) is 8.47. The number of nitrogens with two attached hydrogens (primary N) is 1. The van der Waals surface area contributed by atoms with E-state index < -0.39 is 5.60 Å². The van der Waals surface area contributed by atoms with Gasteiger partial charge in [-0.2, -0.15) is 0 Å². The highest BCUT2D eigenvalue weighted by molar-refractivity contribution is 5.67. The molecule has 20 heavy (non-hydrogen) atoms. The molecule has 2 atom stereocenters. The quantitative estimate of drug-likeness (QED) is 0.753. The van der Waals surface area contributed by atoms with Gasteiger partial charge in [0.1, 0.15) is 5.60 Å². The van der Waals surface area contributed by atoms with Crippen molar-refractivity contribution in [3.05, 3.63) is 0 Å². The number of alkyl carbamates (subject to hydrolysis) is 1. The number of nitrogens with zero attached hydrogens (tertiary/aromatic N) is 1. The molecule has 0 fully saturated rings. The van der Waals surface area contributed by atoms with E-state index in [0.29, 0.717) is 25.0 Å². The van der Waals surface area contributed by atoms with Gasteiger partial charge in [0, 0.05) is 25.2 Å². The van der Waals surface area contributed by atoms with Gasteiger partial charge in [0.25, 0.3) is 0 Å². The molecule has 5 nitrogen and oxygen atoms in total. The first kappa shape index (κ1) is 19.2. The van der Waals surface area contributed by atoms with Crippen molar-refractivity contribution in [3.8, 4) is 0 Å². The second-order valence-corrected chi connectivity index (χ2v) is 6.76. The average molecular weight is 287 g/mol. The van der Waals surface area contributed by atoms with Gasteiger partial charge in [0.2, 0.25) is 0 Å². The Morgan fingerprint density at radius 2 is 1.85 bits per heavy atom. The monoisotopic (exact) mass is 287 g/mol. The highest BCUT2D eigenvalue weighted by Gasteiger charge is 2.21. The molecule has 0 aromatic carbocycles. The maximum absolute atomic E-state index is 11.6. The average Bonchev–Trinajstić information content (AvgIpc) is 2.30.